The quantitative estimate of drug-likeness (QED) is 0.733. The molecule has 8 nitrogen and oxygen atoms in total. The van der Waals surface area contributed by atoms with Gasteiger partial charge in [0.2, 0.25) is 5.95 Å². The molecule has 2 fully saturated rings. The first-order chi connectivity index (χ1) is 14.6. The van der Waals surface area contributed by atoms with Gasteiger partial charge in [-0.05, 0) is 31.2 Å². The lowest BCUT2D eigenvalue weighted by atomic mass is 10.3. The van der Waals surface area contributed by atoms with Crippen LogP contribution in [0.4, 0.5) is 16.2 Å². The van der Waals surface area contributed by atoms with Crippen LogP contribution in [-0.2, 0) is 9.53 Å². The fourth-order valence-corrected chi connectivity index (χ4v) is 3.56. The van der Waals surface area contributed by atoms with Crippen molar-refractivity contribution in [2.75, 3.05) is 68.9 Å². The van der Waals surface area contributed by atoms with Crippen LogP contribution in [-0.4, -0.2) is 79.9 Å². The van der Waals surface area contributed by atoms with Gasteiger partial charge in [0, 0.05) is 51.0 Å². The van der Waals surface area contributed by atoms with Gasteiger partial charge in [-0.15, -0.1) is 0 Å². The van der Waals surface area contributed by atoms with Gasteiger partial charge < -0.3 is 24.2 Å². The largest absolute Gasteiger partial charge is 0.484 e. The molecule has 2 aromatic rings. The molecule has 0 aliphatic carbocycles. The van der Waals surface area contributed by atoms with Crippen molar-refractivity contribution in [3.05, 3.63) is 41.8 Å². The first-order valence-corrected chi connectivity index (χ1v) is 10.2. The molecule has 0 N–H and O–H groups in total. The monoisotopic (exact) mass is 415 g/mol. The van der Waals surface area contributed by atoms with E-state index in [1.54, 1.807) is 4.90 Å². The van der Waals surface area contributed by atoms with Gasteiger partial charge in [0.1, 0.15) is 17.4 Å². The van der Waals surface area contributed by atoms with Gasteiger partial charge in [-0.1, -0.05) is 0 Å². The third-order valence-corrected chi connectivity index (χ3v) is 5.26. The standard InChI is InChI=1S/C21H26FN5O3/c1-16-14-19(25-10-12-29-13-11-25)24-21(23-16)27-8-6-26(7-9-27)20(28)15-30-18-4-2-17(22)3-5-18/h2-5,14H,6-13,15H2,1H3. The van der Waals surface area contributed by atoms with Crippen LogP contribution < -0.4 is 14.5 Å². The maximum atomic E-state index is 13.0. The molecule has 0 saturated carbocycles. The molecule has 0 unspecified atom stereocenters. The van der Waals surface area contributed by atoms with Crippen LogP contribution in [0, 0.1) is 12.7 Å². The van der Waals surface area contributed by atoms with Crippen LogP contribution in [0.2, 0.25) is 0 Å². The van der Waals surface area contributed by atoms with Crippen molar-refractivity contribution >= 4 is 17.7 Å². The molecular weight excluding hydrogens is 389 g/mol. The van der Waals surface area contributed by atoms with Crippen molar-refractivity contribution in [2.24, 2.45) is 0 Å². The lowest BCUT2D eigenvalue weighted by molar-refractivity contribution is -0.133. The zero-order valence-corrected chi connectivity index (χ0v) is 17.1. The van der Waals surface area contributed by atoms with Gasteiger partial charge in [-0.3, -0.25) is 4.79 Å². The second-order valence-corrected chi connectivity index (χ2v) is 7.38. The van der Waals surface area contributed by atoms with E-state index in [9.17, 15) is 9.18 Å². The molecule has 2 aliphatic rings. The summed E-state index contributed by atoms with van der Waals surface area (Å²) in [6.07, 6.45) is 0. The minimum atomic E-state index is -0.333. The van der Waals surface area contributed by atoms with Crippen molar-refractivity contribution in [1.82, 2.24) is 14.9 Å². The molecule has 1 amide bonds. The van der Waals surface area contributed by atoms with Gasteiger partial charge in [0.25, 0.3) is 5.91 Å². The fraction of sp³-hybridized carbons (Fsp3) is 0.476. The van der Waals surface area contributed by atoms with Crippen LogP contribution in [0.15, 0.2) is 30.3 Å². The van der Waals surface area contributed by atoms with E-state index in [4.69, 9.17) is 14.5 Å². The fourth-order valence-electron chi connectivity index (χ4n) is 3.56. The summed E-state index contributed by atoms with van der Waals surface area (Å²) in [5.41, 5.74) is 0.924. The predicted molar refractivity (Wildman–Crippen MR) is 110 cm³/mol. The summed E-state index contributed by atoms with van der Waals surface area (Å²) in [6.45, 7) is 7.46. The van der Waals surface area contributed by atoms with Gasteiger partial charge in [-0.2, -0.15) is 4.98 Å². The molecule has 2 aliphatic heterocycles. The van der Waals surface area contributed by atoms with E-state index in [0.29, 0.717) is 51.1 Å². The Labute approximate surface area is 175 Å². The van der Waals surface area contributed by atoms with Crippen LogP contribution >= 0.6 is 0 Å². The number of hydrogen-bond acceptors (Lipinski definition) is 7. The number of nitrogens with zero attached hydrogens (tertiary/aromatic N) is 5. The van der Waals surface area contributed by atoms with Gasteiger partial charge >= 0.3 is 0 Å². The normalized spacial score (nSPS) is 17.2. The zero-order valence-electron chi connectivity index (χ0n) is 17.1. The number of hydrogen-bond donors (Lipinski definition) is 0. The second-order valence-electron chi connectivity index (χ2n) is 7.38. The van der Waals surface area contributed by atoms with E-state index < -0.39 is 0 Å². The van der Waals surface area contributed by atoms with Crippen molar-refractivity contribution < 1.29 is 18.7 Å². The Kier molecular flexibility index (Phi) is 6.27. The molecule has 1 aromatic heterocycles. The van der Waals surface area contributed by atoms with Crippen LogP contribution in [0.1, 0.15) is 5.69 Å². The predicted octanol–water partition coefficient (Wildman–Crippen LogP) is 1.49. The number of carbonyl (C=O) groups excluding carboxylic acids is 1. The Balaban J connectivity index is 1.32. The number of carbonyl (C=O) groups is 1. The highest BCUT2D eigenvalue weighted by Crippen LogP contribution is 2.20. The van der Waals surface area contributed by atoms with E-state index in [-0.39, 0.29) is 18.3 Å². The minimum absolute atomic E-state index is 0.0617. The smallest absolute Gasteiger partial charge is 0.260 e. The number of anilines is 2. The molecule has 0 radical (unpaired) electrons. The summed E-state index contributed by atoms with van der Waals surface area (Å²) in [7, 11) is 0. The first-order valence-electron chi connectivity index (χ1n) is 10.2. The summed E-state index contributed by atoms with van der Waals surface area (Å²) in [6, 6.07) is 7.65. The summed E-state index contributed by atoms with van der Waals surface area (Å²) in [5, 5.41) is 0. The molecule has 30 heavy (non-hydrogen) atoms. The number of morpholine rings is 1. The number of aryl methyl sites for hydroxylation is 1. The van der Waals surface area contributed by atoms with Crippen molar-refractivity contribution in [3.63, 3.8) is 0 Å². The van der Waals surface area contributed by atoms with E-state index in [2.05, 4.69) is 14.8 Å². The second kappa shape index (κ2) is 9.25. The number of piperazine rings is 1. The van der Waals surface area contributed by atoms with Gasteiger partial charge in [0.05, 0.1) is 13.2 Å². The van der Waals surface area contributed by atoms with E-state index in [0.717, 1.165) is 24.6 Å². The SMILES string of the molecule is Cc1cc(N2CCOCC2)nc(N2CCN(C(=O)COc3ccc(F)cc3)CC2)n1. The summed E-state index contributed by atoms with van der Waals surface area (Å²) in [4.78, 5) is 27.9. The maximum Gasteiger partial charge on any atom is 0.260 e. The number of rotatable bonds is 5. The number of ether oxygens (including phenoxy) is 2. The molecular formula is C21H26FN5O3. The Morgan fingerprint density at radius 3 is 2.43 bits per heavy atom. The van der Waals surface area contributed by atoms with Crippen LogP contribution in [0.3, 0.4) is 0 Å². The lowest BCUT2D eigenvalue weighted by Crippen LogP contribution is -2.50. The highest BCUT2D eigenvalue weighted by atomic mass is 19.1. The third-order valence-electron chi connectivity index (χ3n) is 5.26. The highest BCUT2D eigenvalue weighted by molar-refractivity contribution is 5.78. The van der Waals surface area contributed by atoms with Crippen molar-refractivity contribution in [3.8, 4) is 5.75 Å². The minimum Gasteiger partial charge on any atom is -0.484 e. The first kappa shape index (κ1) is 20.3. The number of aromatic nitrogens is 2. The van der Waals surface area contributed by atoms with Crippen LogP contribution in [0.5, 0.6) is 5.75 Å². The molecule has 3 heterocycles. The number of halogens is 1. The van der Waals surface area contributed by atoms with Crippen molar-refractivity contribution in [2.45, 2.75) is 6.92 Å². The average Bonchev–Trinajstić information content (AvgIpc) is 2.79. The molecule has 1 aromatic carbocycles. The van der Waals surface area contributed by atoms with E-state index >= 15 is 0 Å². The average molecular weight is 415 g/mol. The topological polar surface area (TPSA) is 71.0 Å². The van der Waals surface area contributed by atoms with Gasteiger partial charge in [-0.25, -0.2) is 9.37 Å². The maximum absolute atomic E-state index is 13.0. The Bertz CT molecular complexity index is 865. The molecule has 2 saturated heterocycles. The number of amides is 1. The molecule has 160 valence electrons. The molecule has 0 spiro atoms. The molecule has 0 atom stereocenters. The lowest BCUT2D eigenvalue weighted by Gasteiger charge is -2.35. The Morgan fingerprint density at radius 2 is 1.73 bits per heavy atom. The summed E-state index contributed by atoms with van der Waals surface area (Å²) in [5.74, 6) is 1.68. The molecule has 9 heteroatoms. The summed E-state index contributed by atoms with van der Waals surface area (Å²) < 4.78 is 23.9. The van der Waals surface area contributed by atoms with E-state index in [1.807, 2.05) is 13.0 Å². The summed E-state index contributed by atoms with van der Waals surface area (Å²) >= 11 is 0. The zero-order chi connectivity index (χ0) is 20.9. The van der Waals surface area contributed by atoms with Gasteiger partial charge in [0.15, 0.2) is 6.61 Å². The Morgan fingerprint density at radius 1 is 1.03 bits per heavy atom. The Hall–Kier alpha value is -2.94. The third kappa shape index (κ3) is 4.96. The molecule has 0 bridgehead atoms. The number of benzene rings is 1. The van der Waals surface area contributed by atoms with Crippen molar-refractivity contribution in [1.29, 1.82) is 0 Å². The van der Waals surface area contributed by atoms with E-state index in [1.165, 1.54) is 24.3 Å². The highest BCUT2D eigenvalue weighted by Gasteiger charge is 2.24. The van der Waals surface area contributed by atoms with Crippen LogP contribution in [0.25, 0.3) is 0 Å². The molecule has 4 rings (SSSR count).